The Morgan fingerprint density at radius 3 is 2.36 bits per heavy atom. The third kappa shape index (κ3) is 4.55. The molecule has 0 radical (unpaired) electrons. The largest absolute Gasteiger partial charge is 0.307 e. The third-order valence-corrected chi connectivity index (χ3v) is 4.86. The van der Waals surface area contributed by atoms with Crippen LogP contribution in [0.15, 0.2) is 59.5 Å². The Morgan fingerprint density at radius 1 is 1.09 bits per heavy atom. The van der Waals surface area contributed by atoms with Gasteiger partial charge in [0.2, 0.25) is 10.0 Å². The molecular formula is C16H19ClN2O2S. The van der Waals surface area contributed by atoms with Crippen LogP contribution in [0.25, 0.3) is 0 Å². The molecule has 1 N–H and O–H groups in total. The molecule has 0 bridgehead atoms. The molecule has 0 saturated carbocycles. The van der Waals surface area contributed by atoms with Gasteiger partial charge in [0.05, 0.1) is 10.9 Å². The lowest BCUT2D eigenvalue weighted by Gasteiger charge is -2.22. The van der Waals surface area contributed by atoms with Crippen molar-refractivity contribution in [2.24, 2.45) is 0 Å². The van der Waals surface area contributed by atoms with Crippen LogP contribution in [0.5, 0.6) is 0 Å². The number of benzene rings is 2. The molecule has 1 atom stereocenters. The van der Waals surface area contributed by atoms with Crippen LogP contribution in [-0.4, -0.2) is 34.0 Å². The van der Waals surface area contributed by atoms with Gasteiger partial charge in [-0.25, -0.2) is 13.1 Å². The van der Waals surface area contributed by atoms with E-state index in [-0.39, 0.29) is 10.9 Å². The molecule has 2 aromatic rings. The molecule has 2 aromatic carbocycles. The van der Waals surface area contributed by atoms with Crippen molar-refractivity contribution in [3.8, 4) is 0 Å². The number of nitrogens with one attached hydrogen (secondary N) is 1. The Labute approximate surface area is 136 Å². The topological polar surface area (TPSA) is 49.4 Å². The fourth-order valence-corrected chi connectivity index (χ4v) is 3.67. The molecule has 0 saturated heterocycles. The van der Waals surface area contributed by atoms with E-state index in [9.17, 15) is 8.42 Å². The lowest BCUT2D eigenvalue weighted by atomic mass is 10.1. The summed E-state index contributed by atoms with van der Waals surface area (Å²) in [6.07, 6.45) is 0. The van der Waals surface area contributed by atoms with Crippen LogP contribution in [0.3, 0.4) is 0 Å². The van der Waals surface area contributed by atoms with Crippen LogP contribution in [0.1, 0.15) is 11.6 Å². The molecule has 0 unspecified atom stereocenters. The van der Waals surface area contributed by atoms with Gasteiger partial charge in [0.25, 0.3) is 0 Å². The molecule has 0 aromatic heterocycles. The van der Waals surface area contributed by atoms with Gasteiger partial charge in [-0.3, -0.25) is 0 Å². The first-order chi connectivity index (χ1) is 10.4. The lowest BCUT2D eigenvalue weighted by Crippen LogP contribution is -2.35. The minimum absolute atomic E-state index is 0.166. The summed E-state index contributed by atoms with van der Waals surface area (Å²) >= 11 is 5.89. The minimum atomic E-state index is -3.64. The standard InChI is InChI=1S/C16H19ClN2O2S/c1-19(2)12-16(13-7-4-3-5-8-13)18-22(20,21)15-10-6-9-14(17)11-15/h3-11,16,18H,12H2,1-2H3/t16-/m1/s1. The molecule has 118 valence electrons. The Balaban J connectivity index is 2.30. The quantitative estimate of drug-likeness (QED) is 0.881. The van der Waals surface area contributed by atoms with E-state index in [4.69, 9.17) is 11.6 Å². The summed E-state index contributed by atoms with van der Waals surface area (Å²) in [5.74, 6) is 0. The van der Waals surface area contributed by atoms with Crippen molar-refractivity contribution >= 4 is 21.6 Å². The van der Waals surface area contributed by atoms with Gasteiger partial charge < -0.3 is 4.90 Å². The summed E-state index contributed by atoms with van der Waals surface area (Å²) in [6, 6.07) is 15.4. The molecule has 0 spiro atoms. The number of rotatable bonds is 6. The normalized spacial score (nSPS) is 13.3. The van der Waals surface area contributed by atoms with Crippen LogP contribution in [0.4, 0.5) is 0 Å². The van der Waals surface area contributed by atoms with Crippen molar-refractivity contribution in [3.63, 3.8) is 0 Å². The summed E-state index contributed by atoms with van der Waals surface area (Å²) in [5.41, 5.74) is 0.918. The summed E-state index contributed by atoms with van der Waals surface area (Å²) in [4.78, 5) is 2.11. The van der Waals surface area contributed by atoms with Gasteiger partial charge in [-0.2, -0.15) is 0 Å². The smallest absolute Gasteiger partial charge is 0.241 e. The number of likely N-dealkylation sites (N-methyl/N-ethyl adjacent to an activating group) is 1. The van der Waals surface area contributed by atoms with Crippen molar-refractivity contribution in [2.45, 2.75) is 10.9 Å². The van der Waals surface area contributed by atoms with E-state index in [1.165, 1.54) is 12.1 Å². The predicted molar refractivity (Wildman–Crippen MR) is 89.5 cm³/mol. The van der Waals surface area contributed by atoms with Crippen molar-refractivity contribution in [3.05, 3.63) is 65.2 Å². The molecule has 0 aliphatic heterocycles. The van der Waals surface area contributed by atoms with Gasteiger partial charge in [-0.05, 0) is 37.9 Å². The third-order valence-electron chi connectivity index (χ3n) is 3.15. The van der Waals surface area contributed by atoms with Crippen LogP contribution >= 0.6 is 11.6 Å². The molecule has 0 amide bonds. The number of hydrogen-bond acceptors (Lipinski definition) is 3. The molecule has 22 heavy (non-hydrogen) atoms. The Morgan fingerprint density at radius 2 is 1.77 bits per heavy atom. The van der Waals surface area contributed by atoms with E-state index in [0.717, 1.165) is 5.56 Å². The summed E-state index contributed by atoms with van der Waals surface area (Å²) in [5, 5.41) is 0.395. The highest BCUT2D eigenvalue weighted by atomic mass is 35.5. The maximum atomic E-state index is 12.6. The fourth-order valence-electron chi connectivity index (χ4n) is 2.15. The second kappa shape index (κ2) is 7.24. The Bertz CT molecular complexity index is 718. The molecule has 6 heteroatoms. The van der Waals surface area contributed by atoms with E-state index >= 15 is 0 Å². The first kappa shape index (κ1) is 17.0. The Kier molecular flexibility index (Phi) is 5.58. The zero-order valence-corrected chi connectivity index (χ0v) is 14.1. The van der Waals surface area contributed by atoms with Gasteiger partial charge in [0.15, 0.2) is 0 Å². The van der Waals surface area contributed by atoms with Crippen molar-refractivity contribution in [1.82, 2.24) is 9.62 Å². The molecule has 4 nitrogen and oxygen atoms in total. The fraction of sp³-hybridized carbons (Fsp3) is 0.250. The second-order valence-electron chi connectivity index (χ2n) is 5.30. The van der Waals surface area contributed by atoms with E-state index in [1.54, 1.807) is 12.1 Å². The van der Waals surface area contributed by atoms with Crippen LogP contribution < -0.4 is 4.72 Å². The van der Waals surface area contributed by atoms with E-state index < -0.39 is 10.0 Å². The predicted octanol–water partition coefficient (Wildman–Crippen LogP) is 2.92. The zero-order valence-electron chi connectivity index (χ0n) is 12.5. The van der Waals surface area contributed by atoms with E-state index in [2.05, 4.69) is 4.72 Å². The minimum Gasteiger partial charge on any atom is -0.307 e. The number of sulfonamides is 1. The van der Waals surface area contributed by atoms with Gasteiger partial charge in [0.1, 0.15) is 0 Å². The second-order valence-corrected chi connectivity index (χ2v) is 7.45. The summed E-state index contributed by atoms with van der Waals surface area (Å²) in [6.45, 7) is 0.559. The molecule has 0 aliphatic rings. The average Bonchev–Trinajstić information content (AvgIpc) is 2.47. The van der Waals surface area contributed by atoms with Gasteiger partial charge >= 0.3 is 0 Å². The molecular weight excluding hydrogens is 320 g/mol. The number of hydrogen-bond donors (Lipinski definition) is 1. The van der Waals surface area contributed by atoms with Gasteiger partial charge in [0, 0.05) is 11.6 Å². The molecule has 2 rings (SSSR count). The summed E-state index contributed by atoms with van der Waals surface area (Å²) < 4.78 is 27.9. The monoisotopic (exact) mass is 338 g/mol. The van der Waals surface area contributed by atoms with Crippen molar-refractivity contribution in [1.29, 1.82) is 0 Å². The first-order valence-electron chi connectivity index (χ1n) is 6.86. The highest BCUT2D eigenvalue weighted by molar-refractivity contribution is 7.89. The van der Waals surface area contributed by atoms with E-state index in [0.29, 0.717) is 11.6 Å². The number of halogens is 1. The molecule has 0 heterocycles. The lowest BCUT2D eigenvalue weighted by molar-refractivity contribution is 0.363. The first-order valence-corrected chi connectivity index (χ1v) is 8.72. The van der Waals surface area contributed by atoms with Gasteiger partial charge in [-0.15, -0.1) is 0 Å². The highest BCUT2D eigenvalue weighted by Gasteiger charge is 2.22. The molecule has 0 aliphatic carbocycles. The highest BCUT2D eigenvalue weighted by Crippen LogP contribution is 2.20. The van der Waals surface area contributed by atoms with Crippen LogP contribution in [0, 0.1) is 0 Å². The van der Waals surface area contributed by atoms with Crippen molar-refractivity contribution < 1.29 is 8.42 Å². The zero-order chi connectivity index (χ0) is 16.2. The van der Waals surface area contributed by atoms with E-state index in [1.807, 2.05) is 49.3 Å². The average molecular weight is 339 g/mol. The molecule has 0 fully saturated rings. The van der Waals surface area contributed by atoms with Crippen molar-refractivity contribution in [2.75, 3.05) is 20.6 Å². The summed E-state index contributed by atoms with van der Waals surface area (Å²) in [7, 11) is 0.176. The Hall–Kier alpha value is -1.40. The van der Waals surface area contributed by atoms with Crippen LogP contribution in [0.2, 0.25) is 5.02 Å². The maximum Gasteiger partial charge on any atom is 0.241 e. The number of nitrogens with zero attached hydrogens (tertiary/aromatic N) is 1. The van der Waals surface area contributed by atoms with Gasteiger partial charge in [-0.1, -0.05) is 48.0 Å². The maximum absolute atomic E-state index is 12.6. The van der Waals surface area contributed by atoms with Crippen LogP contribution in [-0.2, 0) is 10.0 Å². The SMILES string of the molecule is CN(C)C[C@@H](NS(=O)(=O)c1cccc(Cl)c1)c1ccccc1.